The first-order valence-electron chi connectivity index (χ1n) is 10.0. The van der Waals surface area contributed by atoms with Crippen LogP contribution in [0.2, 0.25) is 0 Å². The van der Waals surface area contributed by atoms with E-state index >= 15 is 0 Å². The monoisotopic (exact) mass is 445 g/mol. The van der Waals surface area contributed by atoms with Crippen LogP contribution in [-0.4, -0.2) is 26.2 Å². The number of phenolic OH excluding ortho intramolecular Hbond substituents is 3. The van der Waals surface area contributed by atoms with Crippen molar-refractivity contribution in [1.82, 2.24) is 4.68 Å². The Morgan fingerprint density at radius 1 is 0.906 bits per heavy atom. The second-order valence-electron chi connectivity index (χ2n) is 7.43. The Labute approximate surface area is 189 Å². The van der Waals surface area contributed by atoms with Gasteiger partial charge in [-0.25, -0.2) is 4.68 Å². The lowest BCUT2D eigenvalue weighted by Gasteiger charge is -2.07. The molecule has 0 bridgehead atoms. The van der Waals surface area contributed by atoms with Crippen molar-refractivity contribution in [3.8, 4) is 28.5 Å². The molecular formula is C25H23N3O3S. The average molecular weight is 446 g/mol. The van der Waals surface area contributed by atoms with E-state index in [0.717, 1.165) is 16.8 Å². The van der Waals surface area contributed by atoms with Crippen molar-refractivity contribution in [1.29, 1.82) is 0 Å². The summed E-state index contributed by atoms with van der Waals surface area (Å²) in [7, 11) is 0. The Balaban J connectivity index is 1.81. The molecule has 0 saturated heterocycles. The molecule has 0 unspecified atom stereocenters. The summed E-state index contributed by atoms with van der Waals surface area (Å²) in [6, 6.07) is 19.0. The number of rotatable bonds is 5. The van der Waals surface area contributed by atoms with Crippen LogP contribution in [0.5, 0.6) is 17.2 Å². The van der Waals surface area contributed by atoms with Crippen LogP contribution < -0.4 is 4.80 Å². The minimum Gasteiger partial charge on any atom is -0.504 e. The standard InChI is InChI=1S/C25H23N3O3S/c1-16-8-9-19(12-17(16)2)21-15-32-25(26-13-18-6-4-3-5-7-18)28(21)27-14-20-10-11-22(29)24(31)23(20)30/h3-12,14-15,29-31H,13H2,1-2H3. The van der Waals surface area contributed by atoms with Gasteiger partial charge in [-0.05, 0) is 48.7 Å². The number of phenols is 3. The molecule has 0 atom stereocenters. The van der Waals surface area contributed by atoms with E-state index in [1.54, 1.807) is 4.68 Å². The second kappa shape index (κ2) is 9.11. The third-order valence-corrected chi connectivity index (χ3v) is 6.06. The minimum atomic E-state index is -0.576. The van der Waals surface area contributed by atoms with Crippen molar-refractivity contribution in [3.63, 3.8) is 0 Å². The molecule has 0 aliphatic heterocycles. The van der Waals surface area contributed by atoms with E-state index in [4.69, 9.17) is 4.99 Å². The first-order chi connectivity index (χ1) is 15.4. The van der Waals surface area contributed by atoms with Crippen LogP contribution in [0.3, 0.4) is 0 Å². The zero-order chi connectivity index (χ0) is 22.7. The van der Waals surface area contributed by atoms with Crippen LogP contribution in [-0.2, 0) is 6.54 Å². The highest BCUT2D eigenvalue weighted by Crippen LogP contribution is 2.36. The fourth-order valence-electron chi connectivity index (χ4n) is 3.17. The summed E-state index contributed by atoms with van der Waals surface area (Å²) >= 11 is 1.48. The number of aromatic hydroxyl groups is 3. The largest absolute Gasteiger partial charge is 0.504 e. The molecule has 1 aromatic heterocycles. The van der Waals surface area contributed by atoms with Crippen molar-refractivity contribution in [2.75, 3.05) is 0 Å². The molecule has 3 aromatic carbocycles. The molecule has 4 rings (SSSR count). The van der Waals surface area contributed by atoms with E-state index in [0.29, 0.717) is 11.3 Å². The quantitative estimate of drug-likeness (QED) is 0.300. The van der Waals surface area contributed by atoms with Gasteiger partial charge in [-0.2, -0.15) is 5.10 Å². The topological polar surface area (TPSA) is 90.3 Å². The molecule has 0 aliphatic carbocycles. The summed E-state index contributed by atoms with van der Waals surface area (Å²) in [5.41, 5.74) is 5.61. The molecule has 32 heavy (non-hydrogen) atoms. The highest BCUT2D eigenvalue weighted by molar-refractivity contribution is 7.07. The Morgan fingerprint density at radius 3 is 2.44 bits per heavy atom. The molecule has 4 aromatic rings. The number of aromatic nitrogens is 1. The Hall–Kier alpha value is -3.84. The third kappa shape index (κ3) is 4.43. The van der Waals surface area contributed by atoms with E-state index in [1.807, 2.05) is 41.8 Å². The third-order valence-electron chi connectivity index (χ3n) is 5.20. The van der Waals surface area contributed by atoms with Gasteiger partial charge in [0.05, 0.1) is 18.5 Å². The summed E-state index contributed by atoms with van der Waals surface area (Å²) in [6.45, 7) is 4.64. The van der Waals surface area contributed by atoms with E-state index in [1.165, 1.54) is 40.8 Å². The van der Waals surface area contributed by atoms with Gasteiger partial charge in [0, 0.05) is 16.5 Å². The van der Waals surface area contributed by atoms with Gasteiger partial charge in [0.1, 0.15) is 0 Å². The van der Waals surface area contributed by atoms with Crippen molar-refractivity contribution >= 4 is 17.6 Å². The van der Waals surface area contributed by atoms with Gasteiger partial charge < -0.3 is 15.3 Å². The molecule has 0 saturated carbocycles. The predicted molar refractivity (Wildman–Crippen MR) is 127 cm³/mol. The molecule has 0 radical (unpaired) electrons. The fourth-order valence-corrected chi connectivity index (χ4v) is 4.01. The first-order valence-corrected chi connectivity index (χ1v) is 10.9. The van der Waals surface area contributed by atoms with E-state index in [-0.39, 0.29) is 5.56 Å². The highest BCUT2D eigenvalue weighted by Gasteiger charge is 2.11. The maximum atomic E-state index is 10.2. The molecule has 162 valence electrons. The predicted octanol–water partition coefficient (Wildman–Crippen LogP) is 4.93. The molecule has 0 spiro atoms. The Bertz CT molecular complexity index is 1350. The molecule has 7 heteroatoms. The zero-order valence-corrected chi connectivity index (χ0v) is 18.5. The van der Waals surface area contributed by atoms with Crippen molar-refractivity contribution in [2.45, 2.75) is 20.4 Å². The fraction of sp³-hybridized carbons (Fsp3) is 0.120. The van der Waals surface area contributed by atoms with Gasteiger partial charge in [0.25, 0.3) is 0 Å². The number of hydrogen-bond donors (Lipinski definition) is 3. The van der Waals surface area contributed by atoms with Gasteiger partial charge >= 0.3 is 0 Å². The number of nitrogens with zero attached hydrogens (tertiary/aromatic N) is 3. The molecule has 1 heterocycles. The van der Waals surface area contributed by atoms with E-state index in [9.17, 15) is 15.3 Å². The normalized spacial score (nSPS) is 12.0. The summed E-state index contributed by atoms with van der Waals surface area (Å²) < 4.78 is 1.72. The average Bonchev–Trinajstić information content (AvgIpc) is 3.21. The van der Waals surface area contributed by atoms with Gasteiger partial charge in [0.15, 0.2) is 11.5 Å². The molecular weight excluding hydrogens is 422 g/mol. The summed E-state index contributed by atoms with van der Waals surface area (Å²) in [5, 5.41) is 36.1. The van der Waals surface area contributed by atoms with Crippen LogP contribution in [0, 0.1) is 13.8 Å². The maximum absolute atomic E-state index is 10.2. The molecule has 6 nitrogen and oxygen atoms in total. The van der Waals surface area contributed by atoms with Crippen molar-refractivity contribution in [2.24, 2.45) is 10.1 Å². The second-order valence-corrected chi connectivity index (χ2v) is 8.27. The summed E-state index contributed by atoms with van der Waals surface area (Å²) in [5.74, 6) is -1.40. The van der Waals surface area contributed by atoms with Crippen LogP contribution in [0.1, 0.15) is 22.3 Å². The highest BCUT2D eigenvalue weighted by atomic mass is 32.1. The van der Waals surface area contributed by atoms with Crippen LogP contribution in [0.25, 0.3) is 11.3 Å². The molecule has 3 N–H and O–H groups in total. The lowest BCUT2D eigenvalue weighted by molar-refractivity contribution is 0.367. The number of aryl methyl sites for hydroxylation is 2. The minimum absolute atomic E-state index is 0.277. The lowest BCUT2D eigenvalue weighted by Crippen LogP contribution is -2.12. The van der Waals surface area contributed by atoms with E-state index in [2.05, 4.69) is 31.1 Å². The summed E-state index contributed by atoms with van der Waals surface area (Å²) in [6.07, 6.45) is 1.44. The van der Waals surface area contributed by atoms with Gasteiger partial charge in [-0.1, -0.05) is 42.5 Å². The van der Waals surface area contributed by atoms with Gasteiger partial charge in [-0.3, -0.25) is 4.99 Å². The Kier molecular flexibility index (Phi) is 6.09. The van der Waals surface area contributed by atoms with Crippen molar-refractivity contribution in [3.05, 3.63) is 93.1 Å². The molecule has 0 aliphatic rings. The number of hydrogen-bond acceptors (Lipinski definition) is 6. The van der Waals surface area contributed by atoms with Crippen LogP contribution in [0.4, 0.5) is 0 Å². The zero-order valence-electron chi connectivity index (χ0n) is 17.7. The Morgan fingerprint density at radius 2 is 1.69 bits per heavy atom. The van der Waals surface area contributed by atoms with Crippen molar-refractivity contribution < 1.29 is 15.3 Å². The lowest BCUT2D eigenvalue weighted by atomic mass is 10.1. The molecule has 0 fully saturated rings. The van der Waals surface area contributed by atoms with Crippen LogP contribution in [0.15, 0.2) is 76.1 Å². The van der Waals surface area contributed by atoms with E-state index < -0.39 is 17.2 Å². The molecule has 0 amide bonds. The van der Waals surface area contributed by atoms with Crippen LogP contribution >= 0.6 is 11.3 Å². The maximum Gasteiger partial charge on any atom is 0.206 e. The number of benzene rings is 3. The first kappa shape index (κ1) is 21.4. The number of thiazole rings is 1. The van der Waals surface area contributed by atoms with Gasteiger partial charge in [-0.15, -0.1) is 11.3 Å². The summed E-state index contributed by atoms with van der Waals surface area (Å²) in [4.78, 5) is 5.44. The SMILES string of the molecule is Cc1ccc(-c2csc(=NCc3ccccc3)n2N=Cc2ccc(O)c(O)c2O)cc1C. The van der Waals surface area contributed by atoms with Gasteiger partial charge in [0.2, 0.25) is 10.6 Å². The smallest absolute Gasteiger partial charge is 0.206 e.